The molecule has 1 atom stereocenters. The number of hydrogen-bond donors (Lipinski definition) is 1. The van der Waals surface area contributed by atoms with E-state index in [-0.39, 0.29) is 11.5 Å². The molecule has 2 aliphatic heterocycles. The maximum absolute atomic E-state index is 12.8. The Hall–Kier alpha value is -1.06. The zero-order chi connectivity index (χ0) is 15.0. The lowest BCUT2D eigenvalue weighted by atomic mass is 9.62. The molecule has 2 aliphatic rings. The summed E-state index contributed by atoms with van der Waals surface area (Å²) in [5, 5.41) is 4.12. The second kappa shape index (κ2) is 5.62. The first kappa shape index (κ1) is 14.9. The number of carbonyl (C=O) groups excluding carboxylic acids is 1. The van der Waals surface area contributed by atoms with E-state index < -0.39 is 0 Å². The van der Waals surface area contributed by atoms with Crippen LogP contribution >= 0.6 is 11.6 Å². The van der Waals surface area contributed by atoms with Crippen molar-refractivity contribution in [2.75, 3.05) is 19.6 Å². The minimum absolute atomic E-state index is 0.187. The third-order valence-corrected chi connectivity index (χ3v) is 5.02. The van der Waals surface area contributed by atoms with Gasteiger partial charge in [-0.15, -0.1) is 0 Å². The Morgan fingerprint density at radius 3 is 2.48 bits per heavy atom. The van der Waals surface area contributed by atoms with E-state index in [0.717, 1.165) is 37.5 Å². The number of halogens is 1. The molecule has 114 valence electrons. The van der Waals surface area contributed by atoms with Crippen LogP contribution in [0.2, 0.25) is 5.02 Å². The fourth-order valence-corrected chi connectivity index (χ4v) is 3.96. The molecule has 1 unspecified atom stereocenters. The zero-order valence-electron chi connectivity index (χ0n) is 12.7. The fourth-order valence-electron chi connectivity index (χ4n) is 3.84. The molecule has 1 aromatic rings. The van der Waals surface area contributed by atoms with Crippen LogP contribution in [0.5, 0.6) is 0 Å². The molecule has 0 aliphatic carbocycles. The second-order valence-electron chi connectivity index (χ2n) is 6.71. The standard InChI is InChI=1S/C17H23ClN2O/c1-12(2)11-20-15(13-3-5-14(18)6-4-13)17(16(20)21)7-9-19-10-8-17/h3-6,12,15,19H,7-11H2,1-2H3. The van der Waals surface area contributed by atoms with Crippen LogP contribution in [-0.2, 0) is 4.79 Å². The van der Waals surface area contributed by atoms with Gasteiger partial charge in [0.2, 0.25) is 5.91 Å². The van der Waals surface area contributed by atoms with Crippen molar-refractivity contribution in [2.45, 2.75) is 32.7 Å². The van der Waals surface area contributed by atoms with Gasteiger partial charge >= 0.3 is 0 Å². The zero-order valence-corrected chi connectivity index (χ0v) is 13.5. The van der Waals surface area contributed by atoms with Crippen LogP contribution in [0.4, 0.5) is 0 Å². The van der Waals surface area contributed by atoms with Gasteiger partial charge in [0.1, 0.15) is 0 Å². The van der Waals surface area contributed by atoms with Crippen molar-refractivity contribution < 1.29 is 4.79 Å². The maximum Gasteiger partial charge on any atom is 0.231 e. The largest absolute Gasteiger partial charge is 0.334 e. The highest BCUT2D eigenvalue weighted by molar-refractivity contribution is 6.30. The van der Waals surface area contributed by atoms with Gasteiger partial charge in [-0.2, -0.15) is 0 Å². The fraction of sp³-hybridized carbons (Fsp3) is 0.588. The van der Waals surface area contributed by atoms with Crippen molar-refractivity contribution in [3.63, 3.8) is 0 Å². The number of nitrogens with one attached hydrogen (secondary N) is 1. The van der Waals surface area contributed by atoms with E-state index in [1.165, 1.54) is 5.56 Å². The van der Waals surface area contributed by atoms with Gasteiger partial charge in [0.25, 0.3) is 0 Å². The SMILES string of the molecule is CC(C)CN1C(=O)C2(CCNCC2)C1c1ccc(Cl)cc1. The van der Waals surface area contributed by atoms with Crippen LogP contribution < -0.4 is 5.32 Å². The summed E-state index contributed by atoms with van der Waals surface area (Å²) in [7, 11) is 0. The third-order valence-electron chi connectivity index (χ3n) is 4.77. The summed E-state index contributed by atoms with van der Waals surface area (Å²) in [5.41, 5.74) is 1.04. The number of carbonyl (C=O) groups is 1. The normalized spacial score (nSPS) is 24.5. The molecule has 2 fully saturated rings. The monoisotopic (exact) mass is 306 g/mol. The number of likely N-dealkylation sites (tertiary alicyclic amines) is 1. The number of hydrogen-bond acceptors (Lipinski definition) is 2. The molecule has 0 saturated carbocycles. The molecule has 2 saturated heterocycles. The molecule has 3 nitrogen and oxygen atoms in total. The van der Waals surface area contributed by atoms with Crippen molar-refractivity contribution in [2.24, 2.45) is 11.3 Å². The molecule has 1 spiro atoms. The lowest BCUT2D eigenvalue weighted by Crippen LogP contribution is -2.66. The summed E-state index contributed by atoms with van der Waals surface area (Å²) >= 11 is 6.01. The molecule has 1 aromatic carbocycles. The maximum atomic E-state index is 12.8. The molecule has 2 heterocycles. The van der Waals surface area contributed by atoms with Gasteiger partial charge in [-0.05, 0) is 49.5 Å². The van der Waals surface area contributed by atoms with Gasteiger partial charge in [-0.25, -0.2) is 0 Å². The Morgan fingerprint density at radius 1 is 1.29 bits per heavy atom. The predicted octanol–water partition coefficient (Wildman–Crippen LogP) is 3.25. The van der Waals surface area contributed by atoms with Crippen LogP contribution in [0, 0.1) is 11.3 Å². The van der Waals surface area contributed by atoms with Crippen molar-refractivity contribution in [3.05, 3.63) is 34.9 Å². The van der Waals surface area contributed by atoms with Crippen molar-refractivity contribution >= 4 is 17.5 Å². The number of rotatable bonds is 3. The molecular weight excluding hydrogens is 284 g/mol. The molecule has 3 rings (SSSR count). The van der Waals surface area contributed by atoms with Crippen LogP contribution in [-0.4, -0.2) is 30.4 Å². The molecular formula is C17H23ClN2O. The average Bonchev–Trinajstić information content (AvgIpc) is 2.49. The van der Waals surface area contributed by atoms with Gasteiger partial charge in [0.05, 0.1) is 11.5 Å². The quantitative estimate of drug-likeness (QED) is 0.870. The predicted molar refractivity (Wildman–Crippen MR) is 85.3 cm³/mol. The highest BCUT2D eigenvalue weighted by Gasteiger charge is 2.60. The number of piperidine rings is 1. The van der Waals surface area contributed by atoms with Gasteiger partial charge < -0.3 is 10.2 Å². The molecule has 1 amide bonds. The van der Waals surface area contributed by atoms with Crippen LogP contribution in [0.15, 0.2) is 24.3 Å². The highest BCUT2D eigenvalue weighted by Crippen LogP contribution is 2.55. The van der Waals surface area contributed by atoms with E-state index in [2.05, 4.69) is 36.2 Å². The van der Waals surface area contributed by atoms with E-state index in [1.807, 2.05) is 12.1 Å². The van der Waals surface area contributed by atoms with E-state index in [4.69, 9.17) is 11.6 Å². The summed E-state index contributed by atoms with van der Waals surface area (Å²) in [6.45, 7) is 7.04. The smallest absolute Gasteiger partial charge is 0.231 e. The minimum Gasteiger partial charge on any atom is -0.334 e. The summed E-state index contributed by atoms with van der Waals surface area (Å²) in [6.07, 6.45) is 1.88. The summed E-state index contributed by atoms with van der Waals surface area (Å²) < 4.78 is 0. The van der Waals surface area contributed by atoms with Crippen LogP contribution in [0.1, 0.15) is 38.3 Å². The molecule has 1 N–H and O–H groups in total. The van der Waals surface area contributed by atoms with Crippen molar-refractivity contribution in [1.82, 2.24) is 10.2 Å². The lowest BCUT2D eigenvalue weighted by Gasteiger charge is -2.58. The number of nitrogens with zero attached hydrogens (tertiary/aromatic N) is 1. The molecule has 4 heteroatoms. The summed E-state index contributed by atoms with van der Waals surface area (Å²) in [5.74, 6) is 0.834. The van der Waals surface area contributed by atoms with Crippen LogP contribution in [0.25, 0.3) is 0 Å². The Morgan fingerprint density at radius 2 is 1.90 bits per heavy atom. The topological polar surface area (TPSA) is 32.3 Å². The highest BCUT2D eigenvalue weighted by atomic mass is 35.5. The Balaban J connectivity index is 1.93. The van der Waals surface area contributed by atoms with Gasteiger partial charge in [-0.1, -0.05) is 37.6 Å². The Kier molecular flexibility index (Phi) is 3.98. The molecule has 0 radical (unpaired) electrons. The van der Waals surface area contributed by atoms with Crippen LogP contribution in [0.3, 0.4) is 0 Å². The van der Waals surface area contributed by atoms with E-state index in [0.29, 0.717) is 11.8 Å². The second-order valence-corrected chi connectivity index (χ2v) is 7.15. The van der Waals surface area contributed by atoms with Crippen molar-refractivity contribution in [3.8, 4) is 0 Å². The summed E-state index contributed by atoms with van der Waals surface area (Å²) in [6, 6.07) is 8.24. The van der Waals surface area contributed by atoms with E-state index >= 15 is 0 Å². The molecule has 21 heavy (non-hydrogen) atoms. The first-order chi connectivity index (χ1) is 10.0. The van der Waals surface area contributed by atoms with Crippen molar-refractivity contribution in [1.29, 1.82) is 0 Å². The molecule has 0 bridgehead atoms. The third kappa shape index (κ3) is 2.47. The minimum atomic E-state index is -0.187. The molecule has 0 aromatic heterocycles. The Labute approximate surface area is 131 Å². The number of benzene rings is 1. The lowest BCUT2D eigenvalue weighted by molar-refractivity contribution is -0.178. The first-order valence-corrected chi connectivity index (χ1v) is 8.19. The average molecular weight is 307 g/mol. The summed E-state index contributed by atoms with van der Waals surface area (Å²) in [4.78, 5) is 14.9. The van der Waals surface area contributed by atoms with Gasteiger partial charge in [0.15, 0.2) is 0 Å². The van der Waals surface area contributed by atoms with Gasteiger partial charge in [0, 0.05) is 11.6 Å². The number of amides is 1. The van der Waals surface area contributed by atoms with Gasteiger partial charge in [-0.3, -0.25) is 4.79 Å². The first-order valence-electron chi connectivity index (χ1n) is 7.82. The van der Waals surface area contributed by atoms with E-state index in [9.17, 15) is 4.79 Å². The Bertz CT molecular complexity index is 520. The van der Waals surface area contributed by atoms with E-state index in [1.54, 1.807) is 0 Å². The number of β-lactam (4-membered cyclic amide) rings is 1.